The summed E-state index contributed by atoms with van der Waals surface area (Å²) >= 11 is 5.81. The number of allylic oxidation sites excluding steroid dienone is 1. The Balaban J connectivity index is 1.65. The Kier molecular flexibility index (Phi) is 35.9. The molecule has 0 aromatic heterocycles. The molecule has 0 aliphatic carbocycles. The zero-order valence-corrected chi connectivity index (χ0v) is 40.1. The van der Waals surface area contributed by atoms with Crippen molar-refractivity contribution >= 4 is 23.2 Å². The number of unbranched alkanes of at least 4 members (excludes halogenated alkanes) is 32. The van der Waals surface area contributed by atoms with Crippen LogP contribution in [0, 0.1) is 0 Å². The molecule has 2 rings (SSSR count). The highest BCUT2D eigenvalue weighted by atomic mass is 32.1. The van der Waals surface area contributed by atoms with Crippen molar-refractivity contribution in [3.8, 4) is 11.5 Å². The molecule has 0 aliphatic heterocycles. The van der Waals surface area contributed by atoms with Crippen LogP contribution in [0.3, 0.4) is 0 Å². The lowest BCUT2D eigenvalue weighted by Crippen LogP contribution is -2.01. The molecule has 0 spiro atoms. The van der Waals surface area contributed by atoms with E-state index in [4.69, 9.17) is 21.7 Å². The largest absolute Gasteiger partial charge is 0.493 e. The van der Waals surface area contributed by atoms with Crippen LogP contribution in [0.25, 0.3) is 6.08 Å². The van der Waals surface area contributed by atoms with Gasteiger partial charge in [0.25, 0.3) is 0 Å². The Bertz CT molecular complexity index is 1190. The van der Waals surface area contributed by atoms with Gasteiger partial charge in [-0.1, -0.05) is 275 Å². The molecule has 0 heterocycles. The van der Waals surface area contributed by atoms with Gasteiger partial charge in [0.05, 0.1) is 13.2 Å². The van der Waals surface area contributed by atoms with Crippen LogP contribution in [0.1, 0.15) is 262 Å². The fraction of sp³-hybridized carbons (Fsp3) is 0.732. The summed E-state index contributed by atoms with van der Waals surface area (Å²) in [7, 11) is 0. The smallest absolute Gasteiger partial charge is 0.123 e. The van der Waals surface area contributed by atoms with E-state index in [1.165, 1.54) is 211 Å². The van der Waals surface area contributed by atoms with Crippen LogP contribution < -0.4 is 9.47 Å². The highest BCUT2D eigenvalue weighted by molar-refractivity contribution is 7.81. The molecule has 59 heavy (non-hydrogen) atoms. The van der Waals surface area contributed by atoms with E-state index in [1.807, 2.05) is 0 Å². The second-order valence-electron chi connectivity index (χ2n) is 17.9. The SMILES string of the molecule is CCCCCCCCCCCCCCCCCCCOc1cc(C=CC(=S)c2ccc(CCC)cc2)cc(OCCCCCCCCCCCCCCCCCCC)c1. The molecule has 0 amide bonds. The van der Waals surface area contributed by atoms with Gasteiger partial charge in [-0.25, -0.2) is 0 Å². The Hall–Kier alpha value is -2.13. The van der Waals surface area contributed by atoms with Crippen molar-refractivity contribution in [2.45, 2.75) is 252 Å². The van der Waals surface area contributed by atoms with E-state index in [1.54, 1.807) is 0 Å². The average molecular weight is 831 g/mol. The summed E-state index contributed by atoms with van der Waals surface area (Å²) in [4.78, 5) is 0.855. The molecule has 0 radical (unpaired) electrons. The lowest BCUT2D eigenvalue weighted by molar-refractivity contribution is 0.289. The molecule has 3 heteroatoms. The third kappa shape index (κ3) is 31.4. The summed E-state index contributed by atoms with van der Waals surface area (Å²) < 4.78 is 12.7. The van der Waals surface area contributed by atoms with Gasteiger partial charge in [-0.3, -0.25) is 0 Å². The highest BCUT2D eigenvalue weighted by Gasteiger charge is 2.05. The number of hydrogen-bond donors (Lipinski definition) is 0. The van der Waals surface area contributed by atoms with Crippen molar-refractivity contribution in [3.05, 3.63) is 65.2 Å². The quantitative estimate of drug-likeness (QED) is 0.0287. The second kappa shape index (κ2) is 40.0. The van der Waals surface area contributed by atoms with Crippen LogP contribution >= 0.6 is 12.2 Å². The fourth-order valence-electron chi connectivity index (χ4n) is 8.28. The number of aryl methyl sites for hydroxylation is 1. The fourth-order valence-corrected chi connectivity index (χ4v) is 8.49. The molecule has 0 saturated heterocycles. The van der Waals surface area contributed by atoms with Crippen molar-refractivity contribution in [2.75, 3.05) is 13.2 Å². The van der Waals surface area contributed by atoms with E-state index in [0.717, 1.165) is 66.4 Å². The monoisotopic (exact) mass is 831 g/mol. The summed E-state index contributed by atoms with van der Waals surface area (Å²) in [5.41, 5.74) is 3.54. The van der Waals surface area contributed by atoms with Crippen molar-refractivity contribution in [3.63, 3.8) is 0 Å². The summed E-state index contributed by atoms with van der Waals surface area (Å²) in [6.45, 7) is 8.34. The van der Waals surface area contributed by atoms with E-state index in [9.17, 15) is 0 Å². The maximum atomic E-state index is 6.33. The van der Waals surface area contributed by atoms with Crippen LogP contribution in [0.5, 0.6) is 11.5 Å². The summed E-state index contributed by atoms with van der Waals surface area (Å²) in [5.74, 6) is 1.80. The van der Waals surface area contributed by atoms with Gasteiger partial charge in [-0.2, -0.15) is 0 Å². The van der Waals surface area contributed by atoms with Crippen molar-refractivity contribution in [1.29, 1.82) is 0 Å². The lowest BCUT2D eigenvalue weighted by Gasteiger charge is -2.12. The minimum absolute atomic E-state index is 0.757. The third-order valence-corrected chi connectivity index (χ3v) is 12.5. The van der Waals surface area contributed by atoms with Gasteiger partial charge in [0, 0.05) is 10.9 Å². The second-order valence-corrected chi connectivity index (χ2v) is 18.3. The first-order valence-corrected chi connectivity index (χ1v) is 26.3. The molecule has 336 valence electrons. The van der Waals surface area contributed by atoms with Crippen LogP contribution in [-0.4, -0.2) is 18.1 Å². The van der Waals surface area contributed by atoms with Gasteiger partial charge in [-0.15, -0.1) is 0 Å². The van der Waals surface area contributed by atoms with E-state index in [0.29, 0.717) is 0 Å². The first-order valence-electron chi connectivity index (χ1n) is 25.9. The molecule has 0 N–H and O–H groups in total. The normalized spacial score (nSPS) is 11.5. The Morgan fingerprint density at radius 1 is 0.407 bits per heavy atom. The Morgan fingerprint density at radius 3 is 1.05 bits per heavy atom. The maximum Gasteiger partial charge on any atom is 0.123 e. The Morgan fingerprint density at radius 2 is 0.729 bits per heavy atom. The molecule has 2 aromatic rings. The van der Waals surface area contributed by atoms with Crippen molar-refractivity contribution in [1.82, 2.24) is 0 Å². The first-order chi connectivity index (χ1) is 29.2. The van der Waals surface area contributed by atoms with Gasteiger partial charge in [-0.05, 0) is 54.2 Å². The van der Waals surface area contributed by atoms with Crippen molar-refractivity contribution < 1.29 is 9.47 Å². The van der Waals surface area contributed by atoms with E-state index in [-0.39, 0.29) is 0 Å². The van der Waals surface area contributed by atoms with Crippen LogP contribution in [-0.2, 0) is 6.42 Å². The summed E-state index contributed by atoms with van der Waals surface area (Å²) in [6.07, 6.45) is 53.6. The van der Waals surface area contributed by atoms with Gasteiger partial charge >= 0.3 is 0 Å². The molecule has 0 bridgehead atoms. The molecular formula is C56H94O2S. The molecule has 2 aromatic carbocycles. The number of hydrogen-bond acceptors (Lipinski definition) is 3. The van der Waals surface area contributed by atoms with E-state index >= 15 is 0 Å². The molecular weight excluding hydrogens is 737 g/mol. The van der Waals surface area contributed by atoms with Gasteiger partial charge in [0.2, 0.25) is 0 Å². The summed E-state index contributed by atoms with van der Waals surface area (Å²) in [5, 5.41) is 0. The molecule has 0 aliphatic rings. The first kappa shape index (κ1) is 53.0. The highest BCUT2D eigenvalue weighted by Crippen LogP contribution is 2.26. The molecule has 0 saturated carbocycles. The molecule has 0 atom stereocenters. The van der Waals surface area contributed by atoms with E-state index in [2.05, 4.69) is 75.4 Å². The number of ether oxygens (including phenoxy) is 2. The van der Waals surface area contributed by atoms with Gasteiger partial charge in [0.1, 0.15) is 11.5 Å². The number of thiocarbonyl (C=S) groups is 1. The maximum absolute atomic E-state index is 6.33. The lowest BCUT2D eigenvalue weighted by atomic mass is 10.0. The number of rotatable bonds is 43. The number of benzene rings is 2. The summed E-state index contributed by atoms with van der Waals surface area (Å²) in [6, 6.07) is 15.1. The zero-order chi connectivity index (χ0) is 42.1. The topological polar surface area (TPSA) is 18.5 Å². The molecule has 2 nitrogen and oxygen atoms in total. The third-order valence-electron chi connectivity index (χ3n) is 12.1. The van der Waals surface area contributed by atoms with Crippen LogP contribution in [0.15, 0.2) is 48.5 Å². The average Bonchev–Trinajstić information content (AvgIpc) is 3.25. The minimum Gasteiger partial charge on any atom is -0.493 e. The van der Waals surface area contributed by atoms with Crippen molar-refractivity contribution in [2.24, 2.45) is 0 Å². The zero-order valence-electron chi connectivity index (χ0n) is 39.3. The standard InChI is InChI=1S/C56H94O2S/c1-4-7-9-11-13-15-17-19-21-23-25-27-29-31-33-35-37-46-57-54-48-52(42-45-56(59)53-43-40-51(39-6-3)41-44-53)49-55(50-54)58-47-38-36-34-32-30-28-26-24-22-20-18-16-14-12-10-8-5-2/h40-45,48-50H,4-39,46-47H2,1-3H3. The van der Waals surface area contributed by atoms with Gasteiger partial charge in [0.15, 0.2) is 0 Å². The van der Waals surface area contributed by atoms with Gasteiger partial charge < -0.3 is 9.47 Å². The van der Waals surface area contributed by atoms with Crippen LogP contribution in [0.4, 0.5) is 0 Å². The predicted molar refractivity (Wildman–Crippen MR) is 267 cm³/mol. The predicted octanol–water partition coefficient (Wildman–Crippen LogP) is 19.1. The Labute approximate surface area is 372 Å². The van der Waals surface area contributed by atoms with Crippen LogP contribution in [0.2, 0.25) is 0 Å². The van der Waals surface area contributed by atoms with E-state index < -0.39 is 0 Å². The molecule has 0 fully saturated rings. The molecule has 0 unspecified atom stereocenters. The minimum atomic E-state index is 0.757.